The lowest BCUT2D eigenvalue weighted by Gasteiger charge is -2.30. The first-order valence-electron chi connectivity index (χ1n) is 15.8. The molecule has 2 aromatic rings. The number of sulfonamides is 1. The van der Waals surface area contributed by atoms with E-state index in [1.165, 1.54) is 44.4 Å². The Morgan fingerprint density at radius 1 is 0.913 bits per heavy atom. The van der Waals surface area contributed by atoms with Crippen molar-refractivity contribution >= 4 is 27.7 Å². The molecule has 3 amide bonds. The molecule has 0 aliphatic carbocycles. The van der Waals surface area contributed by atoms with E-state index in [0.29, 0.717) is 44.5 Å². The van der Waals surface area contributed by atoms with Crippen LogP contribution in [0.1, 0.15) is 80.2 Å². The second kappa shape index (κ2) is 18.0. The summed E-state index contributed by atoms with van der Waals surface area (Å²) in [5, 5.41) is 25.5. The molecule has 2 atom stereocenters. The lowest BCUT2D eigenvalue weighted by Crippen LogP contribution is -2.53. The summed E-state index contributed by atoms with van der Waals surface area (Å²) in [7, 11) is -1.28. The SMILES string of the molecule is CCCN(CCC)C(=O)c1cc(C(=O)NC(Cc2ccc(O)cc2)C(O)CN(CC)NC(=O)CC(C)C)cc(S(=O)(=O)N(C)C)c1. The van der Waals surface area contributed by atoms with Gasteiger partial charge in [-0.3, -0.25) is 19.8 Å². The maximum atomic E-state index is 13.8. The first kappa shape index (κ1) is 38.7. The number of carbonyl (C=O) groups is 3. The molecule has 4 N–H and O–H groups in total. The van der Waals surface area contributed by atoms with Crippen LogP contribution in [-0.4, -0.2) is 103 Å². The maximum Gasteiger partial charge on any atom is 0.253 e. The second-order valence-electron chi connectivity index (χ2n) is 12.0. The Bertz CT molecular complexity index is 1410. The van der Waals surface area contributed by atoms with Gasteiger partial charge >= 0.3 is 0 Å². The van der Waals surface area contributed by atoms with Gasteiger partial charge in [0.1, 0.15) is 5.75 Å². The van der Waals surface area contributed by atoms with Gasteiger partial charge in [0.2, 0.25) is 15.9 Å². The Hall–Kier alpha value is -3.52. The zero-order valence-electron chi connectivity index (χ0n) is 28.1. The number of aromatic hydroxyl groups is 1. The molecule has 12 nitrogen and oxygen atoms in total. The highest BCUT2D eigenvalue weighted by Gasteiger charge is 2.28. The van der Waals surface area contributed by atoms with E-state index in [4.69, 9.17) is 0 Å². The fourth-order valence-corrected chi connectivity index (χ4v) is 5.84. The highest BCUT2D eigenvalue weighted by molar-refractivity contribution is 7.89. The molecule has 0 aliphatic heterocycles. The van der Waals surface area contributed by atoms with Gasteiger partial charge in [-0.15, -0.1) is 0 Å². The number of phenols is 1. The number of aliphatic hydroxyl groups excluding tert-OH is 1. The Balaban J connectivity index is 2.51. The first-order chi connectivity index (χ1) is 21.6. The topological polar surface area (TPSA) is 160 Å². The lowest BCUT2D eigenvalue weighted by molar-refractivity contribution is -0.127. The molecule has 0 saturated heterocycles. The minimum Gasteiger partial charge on any atom is -0.508 e. The number of carbonyl (C=O) groups excluding carboxylic acids is 3. The van der Waals surface area contributed by atoms with Crippen LogP contribution in [0.5, 0.6) is 5.75 Å². The first-order valence-corrected chi connectivity index (χ1v) is 17.2. The Morgan fingerprint density at radius 2 is 1.50 bits per heavy atom. The van der Waals surface area contributed by atoms with Gasteiger partial charge in [-0.25, -0.2) is 17.7 Å². The summed E-state index contributed by atoms with van der Waals surface area (Å²) >= 11 is 0. The predicted octanol–water partition coefficient (Wildman–Crippen LogP) is 3.01. The zero-order valence-corrected chi connectivity index (χ0v) is 28.9. The maximum absolute atomic E-state index is 13.8. The van der Waals surface area contributed by atoms with Crippen molar-refractivity contribution in [3.8, 4) is 5.75 Å². The molecule has 0 fully saturated rings. The van der Waals surface area contributed by atoms with Gasteiger partial charge in [-0.05, 0) is 61.1 Å². The number of amides is 3. The molecule has 0 heterocycles. The summed E-state index contributed by atoms with van der Waals surface area (Å²) in [5.74, 6) is -1.06. The summed E-state index contributed by atoms with van der Waals surface area (Å²) < 4.78 is 27.4. The molecule has 0 spiro atoms. The average molecular weight is 662 g/mol. The summed E-state index contributed by atoms with van der Waals surface area (Å²) in [4.78, 5) is 41.2. The summed E-state index contributed by atoms with van der Waals surface area (Å²) in [6, 6.07) is 9.32. The number of nitrogens with zero attached hydrogens (tertiary/aromatic N) is 3. The van der Waals surface area contributed by atoms with Crippen LogP contribution in [-0.2, 0) is 21.2 Å². The molecule has 2 rings (SSSR count). The van der Waals surface area contributed by atoms with Gasteiger partial charge in [0.05, 0.1) is 17.0 Å². The van der Waals surface area contributed by atoms with Crippen molar-refractivity contribution in [3.63, 3.8) is 0 Å². The molecule has 0 aromatic heterocycles. The van der Waals surface area contributed by atoms with Crippen molar-refractivity contribution in [3.05, 3.63) is 59.2 Å². The van der Waals surface area contributed by atoms with Crippen molar-refractivity contribution in [2.45, 2.75) is 77.3 Å². The number of hydrazine groups is 1. The number of benzene rings is 2. The Labute approximate surface area is 273 Å². The summed E-state index contributed by atoms with van der Waals surface area (Å²) in [6.45, 7) is 10.9. The number of nitrogens with one attached hydrogen (secondary N) is 2. The second-order valence-corrected chi connectivity index (χ2v) is 14.2. The van der Waals surface area contributed by atoms with Crippen molar-refractivity contribution in [2.24, 2.45) is 5.92 Å². The van der Waals surface area contributed by atoms with Gasteiger partial charge in [-0.1, -0.05) is 46.8 Å². The Morgan fingerprint density at radius 3 is 2.02 bits per heavy atom. The fraction of sp³-hybridized carbons (Fsp3) is 0.545. The monoisotopic (exact) mass is 661 g/mol. The average Bonchev–Trinajstić information content (AvgIpc) is 3.00. The molecule has 0 saturated carbocycles. The fourth-order valence-electron chi connectivity index (χ4n) is 4.87. The van der Waals surface area contributed by atoms with E-state index in [0.717, 1.165) is 4.31 Å². The molecule has 0 aliphatic rings. The molecular weight excluding hydrogens is 610 g/mol. The number of rotatable bonds is 18. The quantitative estimate of drug-likeness (QED) is 0.178. The van der Waals surface area contributed by atoms with Gasteiger partial charge < -0.3 is 20.4 Å². The van der Waals surface area contributed by atoms with Crippen molar-refractivity contribution in [2.75, 3.05) is 40.3 Å². The smallest absolute Gasteiger partial charge is 0.253 e. The van der Waals surface area contributed by atoms with Gasteiger partial charge in [-0.2, -0.15) is 0 Å². The Kier molecular flexibility index (Phi) is 15.1. The van der Waals surface area contributed by atoms with Crippen LogP contribution in [0.25, 0.3) is 0 Å². The molecule has 2 unspecified atom stereocenters. The van der Waals surface area contributed by atoms with E-state index in [9.17, 15) is 33.0 Å². The minimum absolute atomic E-state index is 0.00878. The van der Waals surface area contributed by atoms with Crippen LogP contribution < -0.4 is 10.7 Å². The van der Waals surface area contributed by atoms with Crippen LogP contribution in [0.2, 0.25) is 0 Å². The molecular formula is C33H51N5O7S. The van der Waals surface area contributed by atoms with Crippen LogP contribution >= 0.6 is 0 Å². The van der Waals surface area contributed by atoms with Crippen LogP contribution in [0.15, 0.2) is 47.4 Å². The molecule has 256 valence electrons. The van der Waals surface area contributed by atoms with E-state index < -0.39 is 28.1 Å². The molecule has 46 heavy (non-hydrogen) atoms. The predicted molar refractivity (Wildman–Crippen MR) is 178 cm³/mol. The molecule has 2 aromatic carbocycles. The molecule has 0 radical (unpaired) electrons. The third-order valence-electron chi connectivity index (χ3n) is 7.31. The molecule has 0 bridgehead atoms. The third kappa shape index (κ3) is 11.4. The number of phenolic OH excluding ortho intramolecular Hbond substituents is 1. The van der Waals surface area contributed by atoms with Gasteiger partial charge in [0.25, 0.3) is 11.8 Å². The highest BCUT2D eigenvalue weighted by atomic mass is 32.2. The largest absolute Gasteiger partial charge is 0.508 e. The third-order valence-corrected chi connectivity index (χ3v) is 9.10. The highest BCUT2D eigenvalue weighted by Crippen LogP contribution is 2.21. The lowest BCUT2D eigenvalue weighted by atomic mass is 9.99. The minimum atomic E-state index is -4.01. The number of hydrogen-bond donors (Lipinski definition) is 4. The van der Waals surface area contributed by atoms with Crippen molar-refractivity contribution in [1.29, 1.82) is 0 Å². The standard InChI is InChI=1S/C33H51N5O7S/c1-8-15-37(16-9-2)33(43)26-19-25(20-28(21-26)46(44,45)36(6)7)32(42)34-29(18-24-11-13-27(39)14-12-24)30(40)22-38(10-3)35-31(41)17-23(4)5/h11-14,19-21,23,29-30,39-40H,8-10,15-18,22H2,1-7H3,(H,34,42)(H,35,41). The van der Waals surface area contributed by atoms with Crippen LogP contribution in [0.4, 0.5) is 0 Å². The molecule has 13 heteroatoms. The summed E-state index contributed by atoms with van der Waals surface area (Å²) in [5.41, 5.74) is 3.52. The number of likely N-dealkylation sites (N-methyl/N-ethyl adjacent to an activating group) is 1. The van der Waals surface area contributed by atoms with Crippen LogP contribution in [0.3, 0.4) is 0 Å². The normalized spacial score (nSPS) is 13.1. The summed E-state index contributed by atoms with van der Waals surface area (Å²) in [6.07, 6.45) is 0.710. The van der Waals surface area contributed by atoms with Crippen molar-refractivity contribution < 1.29 is 33.0 Å². The van der Waals surface area contributed by atoms with Crippen LogP contribution in [0, 0.1) is 5.92 Å². The van der Waals surface area contributed by atoms with E-state index in [2.05, 4.69) is 10.7 Å². The van der Waals surface area contributed by atoms with Gasteiger partial charge in [0, 0.05) is 57.8 Å². The van der Waals surface area contributed by atoms with E-state index >= 15 is 0 Å². The number of aliphatic hydroxyl groups is 1. The van der Waals surface area contributed by atoms with E-state index in [1.54, 1.807) is 22.0 Å². The number of hydrogen-bond acceptors (Lipinski definition) is 8. The van der Waals surface area contributed by atoms with E-state index in [-0.39, 0.29) is 52.5 Å². The van der Waals surface area contributed by atoms with Crippen molar-refractivity contribution in [1.82, 2.24) is 25.0 Å². The van der Waals surface area contributed by atoms with E-state index in [1.807, 2.05) is 34.6 Å². The zero-order chi connectivity index (χ0) is 34.6. The van der Waals surface area contributed by atoms with Gasteiger partial charge in [0.15, 0.2) is 0 Å².